The molecule has 3 rings (SSSR count). The van der Waals surface area contributed by atoms with Crippen LogP contribution in [0.1, 0.15) is 25.7 Å². The van der Waals surface area contributed by atoms with Gasteiger partial charge in [0, 0.05) is 22.2 Å². The smallest absolute Gasteiger partial charge is 0.0371 e. The molecule has 0 spiro atoms. The van der Waals surface area contributed by atoms with Crippen LogP contribution in [-0.4, -0.2) is 18.6 Å². The van der Waals surface area contributed by atoms with E-state index in [1.54, 1.807) is 0 Å². The maximum absolute atomic E-state index is 5.83. The van der Waals surface area contributed by atoms with E-state index < -0.39 is 0 Å². The fourth-order valence-electron chi connectivity index (χ4n) is 3.52. The van der Waals surface area contributed by atoms with Crippen molar-refractivity contribution in [2.45, 2.75) is 37.8 Å². The van der Waals surface area contributed by atoms with Gasteiger partial charge in [-0.3, -0.25) is 0 Å². The Morgan fingerprint density at radius 1 is 1.12 bits per heavy atom. The highest BCUT2D eigenvalue weighted by atomic mass is 79.9. The second-order valence-corrected chi connectivity index (χ2v) is 6.26. The third kappa shape index (κ3) is 2.11. The topological polar surface area (TPSA) is 29.3 Å². The predicted molar refractivity (Wildman–Crippen MR) is 75.2 cm³/mol. The molecular weight excluding hydrogens is 276 g/mol. The van der Waals surface area contributed by atoms with Gasteiger partial charge in [-0.15, -0.1) is 0 Å². The molecule has 2 nitrogen and oxygen atoms in total. The lowest BCUT2D eigenvalue weighted by molar-refractivity contribution is 0.347. The second-order valence-electron chi connectivity index (χ2n) is 5.34. The molecule has 1 aromatic rings. The van der Waals surface area contributed by atoms with E-state index >= 15 is 0 Å². The first kappa shape index (κ1) is 11.5. The molecule has 2 atom stereocenters. The normalized spacial score (nSPS) is 31.9. The Kier molecular flexibility index (Phi) is 3.14. The van der Waals surface area contributed by atoms with Crippen LogP contribution < -0.4 is 10.6 Å². The van der Waals surface area contributed by atoms with Gasteiger partial charge in [-0.25, -0.2) is 0 Å². The number of benzene rings is 1. The molecule has 0 saturated carbocycles. The zero-order chi connectivity index (χ0) is 11.8. The number of hydrogen-bond donors (Lipinski definition) is 1. The first-order chi connectivity index (χ1) is 8.28. The van der Waals surface area contributed by atoms with Crippen LogP contribution in [0.4, 0.5) is 5.69 Å². The molecule has 0 aliphatic carbocycles. The summed E-state index contributed by atoms with van der Waals surface area (Å²) >= 11 is 3.50. The molecular formula is C14H19BrN2. The van der Waals surface area contributed by atoms with E-state index in [1.165, 1.54) is 31.4 Å². The van der Waals surface area contributed by atoms with Gasteiger partial charge in [-0.1, -0.05) is 15.9 Å². The minimum atomic E-state index is 0.725. The van der Waals surface area contributed by atoms with Crippen molar-refractivity contribution in [2.24, 2.45) is 11.7 Å². The Morgan fingerprint density at radius 2 is 1.71 bits per heavy atom. The van der Waals surface area contributed by atoms with Gasteiger partial charge in [-0.2, -0.15) is 0 Å². The number of piperidine rings is 1. The summed E-state index contributed by atoms with van der Waals surface area (Å²) in [7, 11) is 0. The molecule has 2 bridgehead atoms. The van der Waals surface area contributed by atoms with Crippen LogP contribution in [0.15, 0.2) is 28.7 Å². The monoisotopic (exact) mass is 294 g/mol. The van der Waals surface area contributed by atoms with Gasteiger partial charge in [0.25, 0.3) is 0 Å². The second kappa shape index (κ2) is 4.62. The van der Waals surface area contributed by atoms with E-state index in [1.807, 2.05) is 0 Å². The van der Waals surface area contributed by atoms with Crippen LogP contribution in [0.25, 0.3) is 0 Å². The molecule has 2 saturated heterocycles. The highest BCUT2D eigenvalue weighted by molar-refractivity contribution is 9.10. The van der Waals surface area contributed by atoms with Crippen LogP contribution >= 0.6 is 15.9 Å². The fourth-order valence-corrected chi connectivity index (χ4v) is 3.78. The summed E-state index contributed by atoms with van der Waals surface area (Å²) in [5, 5.41) is 0. The summed E-state index contributed by atoms with van der Waals surface area (Å²) < 4.78 is 1.16. The maximum atomic E-state index is 5.83. The number of nitrogens with two attached hydrogens (primary N) is 1. The van der Waals surface area contributed by atoms with Crippen molar-refractivity contribution in [1.82, 2.24) is 0 Å². The van der Waals surface area contributed by atoms with Crippen molar-refractivity contribution in [2.75, 3.05) is 11.4 Å². The molecule has 2 aliphatic heterocycles. The Bertz CT molecular complexity index is 376. The van der Waals surface area contributed by atoms with Gasteiger partial charge >= 0.3 is 0 Å². The third-order valence-electron chi connectivity index (χ3n) is 4.29. The molecule has 0 aromatic heterocycles. The summed E-state index contributed by atoms with van der Waals surface area (Å²) in [4.78, 5) is 2.64. The Balaban J connectivity index is 1.83. The lowest BCUT2D eigenvalue weighted by Crippen LogP contribution is -2.44. The number of hydrogen-bond acceptors (Lipinski definition) is 2. The molecule has 0 amide bonds. The molecule has 2 unspecified atom stereocenters. The van der Waals surface area contributed by atoms with Gasteiger partial charge in [-0.05, 0) is 62.4 Å². The van der Waals surface area contributed by atoms with E-state index in [9.17, 15) is 0 Å². The number of fused-ring (bicyclic) bond motifs is 2. The average molecular weight is 295 g/mol. The summed E-state index contributed by atoms with van der Waals surface area (Å²) in [5.41, 5.74) is 7.22. The third-order valence-corrected chi connectivity index (χ3v) is 4.82. The summed E-state index contributed by atoms with van der Waals surface area (Å²) in [6, 6.07) is 10.2. The van der Waals surface area contributed by atoms with Crippen LogP contribution in [0, 0.1) is 5.92 Å². The van der Waals surface area contributed by atoms with E-state index in [0.717, 1.165) is 29.0 Å². The minimum absolute atomic E-state index is 0.725. The highest BCUT2D eigenvalue weighted by Gasteiger charge is 2.40. The van der Waals surface area contributed by atoms with Crippen LogP contribution in [0.3, 0.4) is 0 Å². The van der Waals surface area contributed by atoms with Gasteiger partial charge in [0.05, 0.1) is 0 Å². The van der Waals surface area contributed by atoms with Gasteiger partial charge in [0.1, 0.15) is 0 Å². The molecule has 17 heavy (non-hydrogen) atoms. The van der Waals surface area contributed by atoms with E-state index in [0.29, 0.717) is 0 Å². The average Bonchev–Trinajstić information content (AvgIpc) is 2.61. The largest absolute Gasteiger partial charge is 0.366 e. The van der Waals surface area contributed by atoms with Crippen molar-refractivity contribution < 1.29 is 0 Å². The molecule has 0 radical (unpaired) electrons. The van der Waals surface area contributed by atoms with E-state index in [4.69, 9.17) is 5.73 Å². The first-order valence-electron chi connectivity index (χ1n) is 6.52. The molecule has 3 heteroatoms. The quantitative estimate of drug-likeness (QED) is 0.908. The summed E-state index contributed by atoms with van der Waals surface area (Å²) in [6.45, 7) is 0.862. The van der Waals surface area contributed by atoms with Gasteiger partial charge in [0.2, 0.25) is 0 Å². The predicted octanol–water partition coefficient (Wildman–Crippen LogP) is 3.16. The van der Waals surface area contributed by atoms with Crippen molar-refractivity contribution >= 4 is 21.6 Å². The molecule has 2 fully saturated rings. The molecule has 2 heterocycles. The van der Waals surface area contributed by atoms with Gasteiger partial charge in [0.15, 0.2) is 0 Å². The number of nitrogens with zero attached hydrogens (tertiary/aromatic N) is 1. The summed E-state index contributed by atoms with van der Waals surface area (Å²) in [6.07, 6.45) is 5.25. The van der Waals surface area contributed by atoms with Crippen molar-refractivity contribution in [1.29, 1.82) is 0 Å². The molecule has 2 N–H and O–H groups in total. The Morgan fingerprint density at radius 3 is 2.24 bits per heavy atom. The molecule has 1 aromatic carbocycles. The van der Waals surface area contributed by atoms with Crippen LogP contribution in [-0.2, 0) is 0 Å². The van der Waals surface area contributed by atoms with Crippen molar-refractivity contribution in [3.8, 4) is 0 Å². The maximum Gasteiger partial charge on any atom is 0.0371 e. The van der Waals surface area contributed by atoms with Crippen LogP contribution in [0.5, 0.6) is 0 Å². The van der Waals surface area contributed by atoms with E-state index in [-0.39, 0.29) is 0 Å². The number of rotatable bonds is 2. The number of halogens is 1. The van der Waals surface area contributed by atoms with Gasteiger partial charge < -0.3 is 10.6 Å². The Labute approximate surface area is 111 Å². The zero-order valence-electron chi connectivity index (χ0n) is 9.98. The van der Waals surface area contributed by atoms with Crippen LogP contribution in [0.2, 0.25) is 0 Å². The lowest BCUT2D eigenvalue weighted by Gasteiger charge is -2.40. The standard InChI is InChI=1S/C14H19BrN2/c15-11-1-3-12(4-2-11)17-13-5-6-14(17)8-10(7-13)9-16/h1-4,10,13-14H,5-9,16H2. The first-order valence-corrected chi connectivity index (χ1v) is 7.31. The van der Waals surface area contributed by atoms with Crippen molar-refractivity contribution in [3.63, 3.8) is 0 Å². The van der Waals surface area contributed by atoms with Crippen molar-refractivity contribution in [3.05, 3.63) is 28.7 Å². The molecule has 92 valence electrons. The Hall–Kier alpha value is -0.540. The molecule has 2 aliphatic rings. The lowest BCUT2D eigenvalue weighted by atomic mass is 9.90. The summed E-state index contributed by atoms with van der Waals surface area (Å²) in [5.74, 6) is 0.749. The SMILES string of the molecule is NCC1CC2CCC(C1)N2c1ccc(Br)cc1. The highest BCUT2D eigenvalue weighted by Crippen LogP contribution is 2.41. The zero-order valence-corrected chi connectivity index (χ0v) is 11.6. The minimum Gasteiger partial charge on any atom is -0.366 e. The fraction of sp³-hybridized carbons (Fsp3) is 0.571. The van der Waals surface area contributed by atoms with E-state index in [2.05, 4.69) is 45.1 Å². The number of anilines is 1.